The second kappa shape index (κ2) is 4.62. The molecule has 1 N–H and O–H groups in total. The summed E-state index contributed by atoms with van der Waals surface area (Å²) < 4.78 is 9.82. The Labute approximate surface area is 82.1 Å². The number of rotatable bonds is 4. The summed E-state index contributed by atoms with van der Waals surface area (Å²) in [6, 6.07) is 6.80. The Morgan fingerprint density at radius 2 is 2.14 bits per heavy atom. The molecular weight excluding hydrogens is 184 g/mol. The first-order valence-corrected chi connectivity index (χ1v) is 4.08. The fourth-order valence-electron chi connectivity index (χ4n) is 1.18. The van der Waals surface area contributed by atoms with Gasteiger partial charge in [0.1, 0.15) is 5.75 Å². The topological polar surface area (TPSA) is 55.8 Å². The zero-order valence-electron chi connectivity index (χ0n) is 8.06. The number of carbonyl (C=O) groups is 1. The first-order chi connectivity index (χ1) is 6.69. The van der Waals surface area contributed by atoms with Crippen LogP contribution in [-0.4, -0.2) is 25.3 Å². The lowest BCUT2D eigenvalue weighted by Gasteiger charge is -2.11. The van der Waals surface area contributed by atoms with Gasteiger partial charge in [0.2, 0.25) is 0 Å². The van der Waals surface area contributed by atoms with Crippen LogP contribution < -0.4 is 4.74 Å². The van der Waals surface area contributed by atoms with E-state index in [0.29, 0.717) is 11.3 Å². The molecule has 0 aliphatic carbocycles. The summed E-state index contributed by atoms with van der Waals surface area (Å²) in [6.45, 7) is 0. The van der Waals surface area contributed by atoms with Crippen molar-refractivity contribution in [1.82, 2.24) is 0 Å². The molecule has 1 rings (SSSR count). The van der Waals surface area contributed by atoms with Crippen LogP contribution in [0.15, 0.2) is 24.3 Å². The van der Waals surface area contributed by atoms with Crippen molar-refractivity contribution in [2.24, 2.45) is 0 Å². The molecule has 0 spiro atoms. The van der Waals surface area contributed by atoms with Crippen molar-refractivity contribution in [2.45, 2.75) is 6.10 Å². The Bertz CT molecular complexity index is 322. The number of hydrogen-bond acceptors (Lipinski definition) is 3. The average molecular weight is 196 g/mol. The van der Waals surface area contributed by atoms with Gasteiger partial charge in [0, 0.05) is 7.11 Å². The number of benzene rings is 1. The van der Waals surface area contributed by atoms with Crippen LogP contribution in [0.5, 0.6) is 5.75 Å². The van der Waals surface area contributed by atoms with Crippen LogP contribution >= 0.6 is 0 Å². The maximum Gasteiger partial charge on any atom is 0.337 e. The van der Waals surface area contributed by atoms with Gasteiger partial charge in [-0.15, -0.1) is 0 Å². The summed E-state index contributed by atoms with van der Waals surface area (Å²) in [5.41, 5.74) is 0.569. The van der Waals surface area contributed by atoms with E-state index in [-0.39, 0.29) is 0 Å². The molecule has 0 amide bonds. The van der Waals surface area contributed by atoms with Gasteiger partial charge < -0.3 is 14.6 Å². The predicted octanol–water partition coefficient (Wildman–Crippen LogP) is 1.47. The SMILES string of the molecule is COc1cccc([C@H](OC)C(=O)O)c1. The molecule has 0 aliphatic heterocycles. The fourth-order valence-corrected chi connectivity index (χ4v) is 1.18. The second-order valence-corrected chi connectivity index (χ2v) is 2.73. The minimum Gasteiger partial charge on any atom is -0.497 e. The van der Waals surface area contributed by atoms with E-state index < -0.39 is 12.1 Å². The van der Waals surface area contributed by atoms with E-state index in [2.05, 4.69) is 0 Å². The van der Waals surface area contributed by atoms with Gasteiger partial charge in [0.05, 0.1) is 7.11 Å². The third-order valence-electron chi connectivity index (χ3n) is 1.86. The molecule has 1 atom stereocenters. The number of methoxy groups -OCH3 is 2. The summed E-state index contributed by atoms with van der Waals surface area (Å²) in [5, 5.41) is 8.82. The van der Waals surface area contributed by atoms with Crippen LogP contribution in [0, 0.1) is 0 Å². The van der Waals surface area contributed by atoms with Crippen molar-refractivity contribution in [2.75, 3.05) is 14.2 Å². The third-order valence-corrected chi connectivity index (χ3v) is 1.86. The van der Waals surface area contributed by atoms with Crippen molar-refractivity contribution < 1.29 is 19.4 Å². The van der Waals surface area contributed by atoms with Gasteiger partial charge in [-0.05, 0) is 17.7 Å². The van der Waals surface area contributed by atoms with E-state index in [1.54, 1.807) is 24.3 Å². The highest BCUT2D eigenvalue weighted by Gasteiger charge is 2.18. The van der Waals surface area contributed by atoms with Crippen molar-refractivity contribution >= 4 is 5.97 Å². The van der Waals surface area contributed by atoms with Gasteiger partial charge in [-0.1, -0.05) is 12.1 Å². The molecule has 14 heavy (non-hydrogen) atoms. The smallest absolute Gasteiger partial charge is 0.337 e. The lowest BCUT2D eigenvalue weighted by molar-refractivity contribution is -0.148. The first-order valence-electron chi connectivity index (χ1n) is 4.08. The molecule has 0 bridgehead atoms. The largest absolute Gasteiger partial charge is 0.497 e. The van der Waals surface area contributed by atoms with Crippen LogP contribution in [0.4, 0.5) is 0 Å². The minimum absolute atomic E-state index is 0.569. The number of hydrogen-bond donors (Lipinski definition) is 1. The van der Waals surface area contributed by atoms with Crippen LogP contribution in [-0.2, 0) is 9.53 Å². The number of aliphatic carboxylic acids is 1. The molecular formula is C10H12O4. The van der Waals surface area contributed by atoms with Gasteiger partial charge in [-0.2, -0.15) is 0 Å². The average Bonchev–Trinajstić information content (AvgIpc) is 2.19. The molecule has 1 aromatic rings. The molecule has 1 aromatic carbocycles. The lowest BCUT2D eigenvalue weighted by atomic mass is 10.1. The molecule has 0 aliphatic rings. The van der Waals surface area contributed by atoms with Gasteiger partial charge in [-0.25, -0.2) is 4.79 Å². The lowest BCUT2D eigenvalue weighted by Crippen LogP contribution is -2.13. The van der Waals surface area contributed by atoms with Crippen molar-refractivity contribution in [1.29, 1.82) is 0 Å². The first kappa shape index (κ1) is 10.5. The zero-order valence-corrected chi connectivity index (χ0v) is 8.06. The Balaban J connectivity index is 2.98. The van der Waals surface area contributed by atoms with E-state index >= 15 is 0 Å². The van der Waals surface area contributed by atoms with Crippen LogP contribution in [0.3, 0.4) is 0 Å². The number of ether oxygens (including phenoxy) is 2. The molecule has 0 aromatic heterocycles. The predicted molar refractivity (Wildman–Crippen MR) is 50.4 cm³/mol. The van der Waals surface area contributed by atoms with Gasteiger partial charge in [-0.3, -0.25) is 0 Å². The third kappa shape index (κ3) is 2.23. The summed E-state index contributed by atoms with van der Waals surface area (Å²) in [4.78, 5) is 10.8. The highest BCUT2D eigenvalue weighted by Crippen LogP contribution is 2.21. The normalized spacial score (nSPS) is 12.1. The summed E-state index contributed by atoms with van der Waals surface area (Å²) in [7, 11) is 2.89. The summed E-state index contributed by atoms with van der Waals surface area (Å²) in [6.07, 6.45) is -0.940. The van der Waals surface area contributed by atoms with Gasteiger partial charge in [0.15, 0.2) is 6.10 Å². The molecule has 0 unspecified atom stereocenters. The van der Waals surface area contributed by atoms with E-state index in [9.17, 15) is 4.79 Å². The van der Waals surface area contributed by atoms with Gasteiger partial charge in [0.25, 0.3) is 0 Å². The Hall–Kier alpha value is -1.55. The quantitative estimate of drug-likeness (QED) is 0.792. The summed E-state index contributed by atoms with van der Waals surface area (Å²) >= 11 is 0. The van der Waals surface area contributed by atoms with Crippen LogP contribution in [0.25, 0.3) is 0 Å². The molecule has 76 valence electrons. The van der Waals surface area contributed by atoms with E-state index in [4.69, 9.17) is 14.6 Å². The monoisotopic (exact) mass is 196 g/mol. The number of carboxylic acids is 1. The molecule has 4 nitrogen and oxygen atoms in total. The molecule has 0 heterocycles. The van der Waals surface area contributed by atoms with E-state index in [1.807, 2.05) is 0 Å². The van der Waals surface area contributed by atoms with Crippen molar-refractivity contribution in [3.05, 3.63) is 29.8 Å². The molecule has 4 heteroatoms. The number of carboxylic acid groups (broad SMARTS) is 1. The highest BCUT2D eigenvalue weighted by molar-refractivity contribution is 5.74. The zero-order chi connectivity index (χ0) is 10.6. The van der Waals surface area contributed by atoms with Crippen LogP contribution in [0.2, 0.25) is 0 Å². The second-order valence-electron chi connectivity index (χ2n) is 2.73. The Morgan fingerprint density at radius 1 is 1.43 bits per heavy atom. The standard InChI is InChI=1S/C10H12O4/c1-13-8-5-3-4-7(6-8)9(14-2)10(11)12/h3-6,9H,1-2H3,(H,11,12)/t9-/m0/s1. The molecule has 0 saturated heterocycles. The van der Waals surface area contributed by atoms with Crippen molar-refractivity contribution in [3.63, 3.8) is 0 Å². The Kier molecular flexibility index (Phi) is 3.48. The maximum atomic E-state index is 10.8. The molecule has 0 radical (unpaired) electrons. The fraction of sp³-hybridized carbons (Fsp3) is 0.300. The highest BCUT2D eigenvalue weighted by atomic mass is 16.5. The van der Waals surface area contributed by atoms with E-state index in [0.717, 1.165) is 0 Å². The molecule has 0 saturated carbocycles. The van der Waals surface area contributed by atoms with Crippen LogP contribution in [0.1, 0.15) is 11.7 Å². The minimum atomic E-state index is -1.01. The molecule has 0 fully saturated rings. The van der Waals surface area contributed by atoms with Gasteiger partial charge >= 0.3 is 5.97 Å². The van der Waals surface area contributed by atoms with Crippen molar-refractivity contribution in [3.8, 4) is 5.75 Å². The maximum absolute atomic E-state index is 10.8. The van der Waals surface area contributed by atoms with E-state index in [1.165, 1.54) is 14.2 Å². The summed E-state index contributed by atoms with van der Waals surface area (Å²) in [5.74, 6) is -0.397. The Morgan fingerprint density at radius 3 is 2.64 bits per heavy atom.